The number of aromatic nitrogens is 2. The van der Waals surface area contributed by atoms with Gasteiger partial charge in [0, 0.05) is 6.20 Å². The van der Waals surface area contributed by atoms with Crippen LogP contribution in [0.3, 0.4) is 0 Å². The molecule has 0 aliphatic carbocycles. The highest BCUT2D eigenvalue weighted by atomic mass is 19.4. The highest BCUT2D eigenvalue weighted by molar-refractivity contribution is 5.65. The molecule has 0 atom stereocenters. The van der Waals surface area contributed by atoms with Crippen LogP contribution < -0.4 is 0 Å². The minimum Gasteiger partial charge on any atom is -0.255 e. The second-order valence-corrected chi connectivity index (χ2v) is 5.14. The van der Waals surface area contributed by atoms with E-state index in [0.29, 0.717) is 6.07 Å². The summed E-state index contributed by atoms with van der Waals surface area (Å²) in [5.74, 6) is 0. The highest BCUT2D eigenvalue weighted by Gasteiger charge is 2.57. The molecule has 0 N–H and O–H groups in total. The molecule has 2 heterocycles. The van der Waals surface area contributed by atoms with Gasteiger partial charge in [-0.05, 0) is 12.1 Å². The Labute approximate surface area is 146 Å². The number of pyridine rings is 2. The second kappa shape index (κ2) is 6.51. The Morgan fingerprint density at radius 2 is 1.07 bits per heavy atom. The molecule has 0 spiro atoms. The summed E-state index contributed by atoms with van der Waals surface area (Å²) in [6.07, 6.45) is -24.4. The fourth-order valence-corrected chi connectivity index (χ4v) is 2.31. The van der Waals surface area contributed by atoms with E-state index in [2.05, 4.69) is 9.97 Å². The lowest BCUT2D eigenvalue weighted by Gasteiger charge is -2.25. The Kier molecular flexibility index (Phi) is 5.06. The molecule has 14 heteroatoms. The van der Waals surface area contributed by atoms with Gasteiger partial charge in [0.2, 0.25) is 0 Å². The van der Waals surface area contributed by atoms with Crippen LogP contribution in [-0.2, 0) is 24.7 Å². The molecule has 0 amide bonds. The predicted octanol–water partition coefficient (Wildman–Crippen LogP) is 6.22. The Bertz CT molecular complexity index is 860. The van der Waals surface area contributed by atoms with Gasteiger partial charge in [-0.3, -0.25) is 4.98 Å². The van der Waals surface area contributed by atoms with Gasteiger partial charge in [0.1, 0.15) is 5.69 Å². The fourth-order valence-electron chi connectivity index (χ4n) is 2.31. The Hall–Kier alpha value is -2.54. The minimum atomic E-state index is -6.44. The first kappa shape index (κ1) is 21.8. The molecule has 0 aromatic carbocycles. The Morgan fingerprint density at radius 1 is 0.571 bits per heavy atom. The summed E-state index contributed by atoms with van der Waals surface area (Å²) in [6, 6.07) is 2.55. The molecule has 0 bridgehead atoms. The summed E-state index contributed by atoms with van der Waals surface area (Å²) in [4.78, 5) is 5.48. The van der Waals surface area contributed by atoms with E-state index in [1.807, 2.05) is 0 Å². The normalized spacial score (nSPS) is 13.7. The molecule has 2 aromatic rings. The number of alkyl halides is 12. The van der Waals surface area contributed by atoms with Gasteiger partial charge < -0.3 is 0 Å². The standard InChI is InChI=1S/C14H4F12N2/c15-11(16,17)6-7(12(18,19)20)9(5-3-1-2-4-27-5)28-10(14(24,25)26)8(6)13(21,22)23/h1-4H. The molecule has 0 fully saturated rings. The zero-order valence-corrected chi connectivity index (χ0v) is 12.7. The molecule has 2 nitrogen and oxygen atoms in total. The van der Waals surface area contributed by atoms with Crippen LogP contribution in [0.25, 0.3) is 11.4 Å². The average molecular weight is 428 g/mol. The molecule has 0 saturated carbocycles. The van der Waals surface area contributed by atoms with Crippen molar-refractivity contribution in [3.63, 3.8) is 0 Å². The van der Waals surface area contributed by atoms with Crippen molar-refractivity contribution in [1.82, 2.24) is 9.97 Å². The van der Waals surface area contributed by atoms with E-state index in [-0.39, 0.29) is 0 Å². The highest BCUT2D eigenvalue weighted by Crippen LogP contribution is 2.52. The lowest BCUT2D eigenvalue weighted by Crippen LogP contribution is -2.29. The van der Waals surface area contributed by atoms with Gasteiger partial charge in [0.05, 0.1) is 22.4 Å². The van der Waals surface area contributed by atoms with E-state index in [4.69, 9.17) is 0 Å². The van der Waals surface area contributed by atoms with Crippen LogP contribution in [0.15, 0.2) is 24.4 Å². The molecule has 28 heavy (non-hydrogen) atoms. The molecule has 2 rings (SSSR count). The van der Waals surface area contributed by atoms with Crippen LogP contribution in [-0.4, -0.2) is 9.97 Å². The third-order valence-corrected chi connectivity index (χ3v) is 3.22. The molecular weight excluding hydrogens is 424 g/mol. The van der Waals surface area contributed by atoms with Crippen molar-refractivity contribution in [2.45, 2.75) is 24.7 Å². The molecule has 0 saturated heterocycles. The zero-order valence-electron chi connectivity index (χ0n) is 12.7. The van der Waals surface area contributed by atoms with E-state index in [0.717, 1.165) is 18.3 Å². The van der Waals surface area contributed by atoms with Gasteiger partial charge >= 0.3 is 24.7 Å². The lowest BCUT2D eigenvalue weighted by molar-refractivity contribution is -0.184. The molecule has 2 aromatic heterocycles. The first-order valence-corrected chi connectivity index (χ1v) is 6.74. The van der Waals surface area contributed by atoms with E-state index in [9.17, 15) is 52.7 Å². The van der Waals surface area contributed by atoms with Gasteiger partial charge in [0.15, 0.2) is 5.69 Å². The Balaban J connectivity index is 3.21. The first-order chi connectivity index (χ1) is 12.5. The SMILES string of the molecule is FC(F)(F)c1nc(-c2ccccn2)c(C(F)(F)F)c(C(F)(F)F)c1C(F)(F)F. The molecule has 0 aliphatic heterocycles. The maximum atomic E-state index is 13.3. The van der Waals surface area contributed by atoms with Crippen molar-refractivity contribution >= 4 is 0 Å². The zero-order chi connectivity index (χ0) is 21.7. The van der Waals surface area contributed by atoms with Crippen molar-refractivity contribution in [1.29, 1.82) is 0 Å². The van der Waals surface area contributed by atoms with Crippen molar-refractivity contribution in [2.24, 2.45) is 0 Å². The smallest absolute Gasteiger partial charge is 0.255 e. The third kappa shape index (κ3) is 4.14. The second-order valence-electron chi connectivity index (χ2n) is 5.14. The van der Waals surface area contributed by atoms with E-state index < -0.39 is 58.5 Å². The molecule has 0 radical (unpaired) electrons. The molecule has 0 unspecified atom stereocenters. The van der Waals surface area contributed by atoms with Crippen LogP contribution in [0.4, 0.5) is 52.7 Å². The number of halogens is 12. The van der Waals surface area contributed by atoms with Crippen molar-refractivity contribution in [2.75, 3.05) is 0 Å². The van der Waals surface area contributed by atoms with Crippen LogP contribution in [0.1, 0.15) is 22.4 Å². The van der Waals surface area contributed by atoms with Crippen LogP contribution >= 0.6 is 0 Å². The number of hydrogen-bond donors (Lipinski definition) is 0. The maximum Gasteiger partial charge on any atom is 0.433 e. The topological polar surface area (TPSA) is 25.8 Å². The number of nitrogens with zero attached hydrogens (tertiary/aromatic N) is 2. The quantitative estimate of drug-likeness (QED) is 0.505. The minimum absolute atomic E-state index is 0.575. The molecule has 154 valence electrons. The molecule has 0 aliphatic rings. The van der Waals surface area contributed by atoms with Crippen LogP contribution in [0, 0.1) is 0 Å². The van der Waals surface area contributed by atoms with Crippen LogP contribution in [0.2, 0.25) is 0 Å². The van der Waals surface area contributed by atoms with E-state index in [1.165, 1.54) is 0 Å². The lowest BCUT2D eigenvalue weighted by atomic mass is 9.94. The van der Waals surface area contributed by atoms with Crippen molar-refractivity contribution in [3.05, 3.63) is 46.8 Å². The summed E-state index contributed by atoms with van der Waals surface area (Å²) >= 11 is 0. The van der Waals surface area contributed by atoms with Crippen molar-refractivity contribution < 1.29 is 52.7 Å². The predicted molar refractivity (Wildman–Crippen MR) is 67.5 cm³/mol. The Morgan fingerprint density at radius 3 is 1.43 bits per heavy atom. The monoisotopic (exact) mass is 428 g/mol. The van der Waals surface area contributed by atoms with E-state index in [1.54, 1.807) is 0 Å². The third-order valence-electron chi connectivity index (χ3n) is 3.22. The largest absolute Gasteiger partial charge is 0.433 e. The fraction of sp³-hybridized carbons (Fsp3) is 0.286. The van der Waals surface area contributed by atoms with Crippen LogP contribution in [0.5, 0.6) is 0 Å². The summed E-state index contributed by atoms with van der Waals surface area (Å²) in [5.41, 5.74) is -16.4. The average Bonchev–Trinajstić information content (AvgIpc) is 2.50. The van der Waals surface area contributed by atoms with Gasteiger partial charge in [0.25, 0.3) is 0 Å². The first-order valence-electron chi connectivity index (χ1n) is 6.74. The van der Waals surface area contributed by atoms with E-state index >= 15 is 0 Å². The summed E-state index contributed by atoms with van der Waals surface area (Å²) in [7, 11) is 0. The van der Waals surface area contributed by atoms with Gasteiger partial charge in [-0.25, -0.2) is 4.98 Å². The number of rotatable bonds is 1. The van der Waals surface area contributed by atoms with Gasteiger partial charge in [-0.2, -0.15) is 52.7 Å². The maximum absolute atomic E-state index is 13.3. The summed E-state index contributed by atoms with van der Waals surface area (Å²) in [5, 5.41) is 0. The van der Waals surface area contributed by atoms with Crippen molar-refractivity contribution in [3.8, 4) is 11.4 Å². The van der Waals surface area contributed by atoms with Gasteiger partial charge in [-0.1, -0.05) is 6.07 Å². The summed E-state index contributed by atoms with van der Waals surface area (Å²) in [6.45, 7) is 0. The number of hydrogen-bond acceptors (Lipinski definition) is 2. The molecular formula is C14H4F12N2. The van der Waals surface area contributed by atoms with Gasteiger partial charge in [-0.15, -0.1) is 0 Å². The summed E-state index contributed by atoms with van der Waals surface area (Å²) < 4.78 is 158.